The molecule has 0 radical (unpaired) electrons. The molecule has 2 rings (SSSR count). The van der Waals surface area contributed by atoms with Gasteiger partial charge in [0.05, 0.1) is 7.11 Å². The van der Waals surface area contributed by atoms with Crippen molar-refractivity contribution in [1.29, 1.82) is 0 Å². The number of hydrogen-bond acceptors (Lipinski definition) is 3. The Labute approximate surface area is 78.5 Å². The maximum Gasteiger partial charge on any atom is 0.280 e. The van der Waals surface area contributed by atoms with Gasteiger partial charge in [0.2, 0.25) is 5.88 Å². The first kappa shape index (κ1) is 8.68. The largest absolute Gasteiger partial charge is 0.481 e. The number of methoxy groups -OCH3 is 1. The van der Waals surface area contributed by atoms with Crippen LogP contribution in [0.3, 0.4) is 0 Å². The molecule has 0 aliphatic rings. The van der Waals surface area contributed by atoms with Gasteiger partial charge >= 0.3 is 0 Å². The van der Waals surface area contributed by atoms with Crippen molar-refractivity contribution >= 4 is 11.0 Å². The van der Waals surface area contributed by atoms with Gasteiger partial charge < -0.3 is 4.74 Å². The van der Waals surface area contributed by atoms with Gasteiger partial charge in [0, 0.05) is 17.5 Å². The van der Waals surface area contributed by atoms with Crippen LogP contribution in [0, 0.1) is 0 Å². The molecule has 0 fully saturated rings. The smallest absolute Gasteiger partial charge is 0.280 e. The summed E-state index contributed by atoms with van der Waals surface area (Å²) in [7, 11) is 1.43. The molecule has 2 aromatic heterocycles. The fourth-order valence-corrected chi connectivity index (χ4v) is 1.17. The summed E-state index contributed by atoms with van der Waals surface area (Å²) in [4.78, 5) is 14.8. The minimum absolute atomic E-state index is 0.00213. The highest BCUT2D eigenvalue weighted by Crippen LogP contribution is 2.14. The van der Waals surface area contributed by atoms with Crippen LogP contribution < -0.4 is 10.3 Å². The molecule has 14 heavy (non-hydrogen) atoms. The Morgan fingerprint density at radius 2 is 2.07 bits per heavy atom. The lowest BCUT2D eigenvalue weighted by atomic mass is 10.3. The van der Waals surface area contributed by atoms with Crippen LogP contribution in [0.1, 0.15) is 0 Å². The summed E-state index contributed by atoms with van der Waals surface area (Å²) in [6.45, 7) is 0. The molecule has 4 nitrogen and oxygen atoms in total. The Balaban J connectivity index is 2.84. The molecule has 0 saturated heterocycles. The van der Waals surface area contributed by atoms with Gasteiger partial charge in [-0.1, -0.05) is 4.48 Å². The molecule has 0 atom stereocenters. The predicted molar refractivity (Wildman–Crippen MR) is 49.1 cm³/mol. The number of hydrogen-bond donors (Lipinski definition) is 0. The zero-order chi connectivity index (χ0) is 10.1. The van der Waals surface area contributed by atoms with Crippen molar-refractivity contribution in [2.24, 2.45) is 0 Å². The van der Waals surface area contributed by atoms with E-state index in [0.29, 0.717) is 5.39 Å². The van der Waals surface area contributed by atoms with Crippen LogP contribution in [0.2, 0.25) is 0 Å². The third-order valence-electron chi connectivity index (χ3n) is 1.87. The number of fused-ring (bicyclic) bond motifs is 1. The number of ether oxygens (including phenoxy) is 1. The Morgan fingerprint density at radius 1 is 1.36 bits per heavy atom. The van der Waals surface area contributed by atoms with E-state index in [1.54, 1.807) is 12.1 Å². The van der Waals surface area contributed by atoms with E-state index in [9.17, 15) is 9.28 Å². The quantitative estimate of drug-likeness (QED) is 0.683. The first-order valence-corrected chi connectivity index (χ1v) is 3.95. The van der Waals surface area contributed by atoms with Gasteiger partial charge in [-0.05, 0) is 12.1 Å². The average molecular weight is 194 g/mol. The lowest BCUT2D eigenvalue weighted by Gasteiger charge is -2.01. The monoisotopic (exact) mass is 194 g/mol. The Hall–Kier alpha value is -1.91. The summed E-state index contributed by atoms with van der Waals surface area (Å²) in [5, 5.41) is 0.549. The molecule has 72 valence electrons. The third kappa shape index (κ3) is 1.22. The average Bonchev–Trinajstić information content (AvgIpc) is 2.23. The first-order valence-electron chi connectivity index (χ1n) is 3.95. The Kier molecular flexibility index (Phi) is 1.92. The Morgan fingerprint density at radius 3 is 2.79 bits per heavy atom. The number of halogens is 1. The molecule has 0 saturated carbocycles. The Bertz CT molecular complexity index is 536. The summed E-state index contributed by atoms with van der Waals surface area (Å²) in [5.74, 6) is 0.273. The van der Waals surface area contributed by atoms with Crippen molar-refractivity contribution in [3.63, 3.8) is 0 Å². The van der Waals surface area contributed by atoms with Crippen LogP contribution in [0.25, 0.3) is 11.0 Å². The summed E-state index contributed by atoms with van der Waals surface area (Å²) in [5.41, 5.74) is -0.768. The molecule has 2 aromatic rings. The zero-order valence-corrected chi connectivity index (χ0v) is 7.40. The van der Waals surface area contributed by atoms with Crippen LogP contribution in [-0.4, -0.2) is 16.9 Å². The number of pyridine rings is 2. The summed E-state index contributed by atoms with van der Waals surface area (Å²) >= 11 is 0. The van der Waals surface area contributed by atoms with Crippen molar-refractivity contribution in [2.45, 2.75) is 0 Å². The molecule has 0 aliphatic heterocycles. The van der Waals surface area contributed by atoms with Crippen molar-refractivity contribution in [1.82, 2.24) is 9.77 Å². The lowest BCUT2D eigenvalue weighted by molar-refractivity contribution is 0.361. The highest BCUT2D eigenvalue weighted by atomic mass is 19.2. The maximum atomic E-state index is 13.2. The topological polar surface area (TPSA) is 44.1 Å². The van der Waals surface area contributed by atoms with E-state index >= 15 is 0 Å². The van der Waals surface area contributed by atoms with E-state index in [1.165, 1.54) is 13.2 Å². The molecule has 5 heteroatoms. The molecular formula is C9H7FN2O2. The zero-order valence-electron chi connectivity index (χ0n) is 7.40. The number of aromatic nitrogens is 2. The van der Waals surface area contributed by atoms with E-state index in [1.807, 2.05) is 0 Å². The maximum absolute atomic E-state index is 13.2. The molecule has 0 N–H and O–H groups in total. The fourth-order valence-electron chi connectivity index (χ4n) is 1.17. The standard InChI is InChI=1S/C9H7FN2O2/c1-14-7-4-2-6-3-5-8(13)12(10)9(6)11-7/h2-5H,1H3. The molecular weight excluding hydrogens is 187 g/mol. The van der Waals surface area contributed by atoms with Crippen molar-refractivity contribution in [3.8, 4) is 5.88 Å². The second kappa shape index (κ2) is 3.10. The molecule has 0 aromatic carbocycles. The van der Waals surface area contributed by atoms with Crippen LogP contribution in [-0.2, 0) is 0 Å². The van der Waals surface area contributed by atoms with E-state index in [2.05, 4.69) is 4.98 Å². The van der Waals surface area contributed by atoms with Crippen molar-refractivity contribution in [2.75, 3.05) is 7.11 Å². The molecule has 0 aliphatic carbocycles. The molecule has 0 amide bonds. The number of nitrogens with zero attached hydrogens (tertiary/aromatic N) is 2. The van der Waals surface area contributed by atoms with E-state index in [0.717, 1.165) is 6.07 Å². The fraction of sp³-hybridized carbons (Fsp3) is 0.111. The molecule has 0 bridgehead atoms. The van der Waals surface area contributed by atoms with Gasteiger partial charge in [-0.2, -0.15) is 4.98 Å². The predicted octanol–water partition coefficient (Wildman–Crippen LogP) is 1.14. The van der Waals surface area contributed by atoms with Crippen molar-refractivity contribution < 1.29 is 9.22 Å². The SMILES string of the molecule is COc1ccc2ccc(=O)n(F)c2n1. The molecule has 2 heterocycles. The summed E-state index contributed by atoms with van der Waals surface area (Å²) in [6.07, 6.45) is 0. The summed E-state index contributed by atoms with van der Waals surface area (Å²) in [6, 6.07) is 5.90. The van der Waals surface area contributed by atoms with Crippen LogP contribution in [0.5, 0.6) is 5.88 Å². The lowest BCUT2D eigenvalue weighted by Crippen LogP contribution is -2.12. The van der Waals surface area contributed by atoms with Gasteiger partial charge in [-0.15, -0.1) is 4.79 Å². The van der Waals surface area contributed by atoms with E-state index in [-0.39, 0.29) is 16.3 Å². The van der Waals surface area contributed by atoms with Gasteiger partial charge in [0.25, 0.3) is 5.56 Å². The van der Waals surface area contributed by atoms with E-state index < -0.39 is 5.56 Å². The van der Waals surface area contributed by atoms with Crippen LogP contribution in [0.15, 0.2) is 29.1 Å². The van der Waals surface area contributed by atoms with E-state index in [4.69, 9.17) is 4.74 Å². The van der Waals surface area contributed by atoms with Gasteiger partial charge in [-0.3, -0.25) is 4.79 Å². The van der Waals surface area contributed by atoms with Gasteiger partial charge in [-0.25, -0.2) is 0 Å². The van der Waals surface area contributed by atoms with Gasteiger partial charge in [0.1, 0.15) is 0 Å². The second-order valence-corrected chi connectivity index (χ2v) is 2.72. The molecule has 0 unspecified atom stereocenters. The van der Waals surface area contributed by atoms with Crippen LogP contribution in [0.4, 0.5) is 4.48 Å². The minimum Gasteiger partial charge on any atom is -0.481 e. The molecule has 0 spiro atoms. The van der Waals surface area contributed by atoms with Crippen LogP contribution >= 0.6 is 0 Å². The first-order chi connectivity index (χ1) is 6.72. The number of rotatable bonds is 1. The van der Waals surface area contributed by atoms with Gasteiger partial charge in [0.15, 0.2) is 5.65 Å². The highest BCUT2D eigenvalue weighted by Gasteiger charge is 2.04. The normalized spacial score (nSPS) is 10.4. The summed E-state index contributed by atoms with van der Waals surface area (Å²) < 4.78 is 18.0. The second-order valence-electron chi connectivity index (χ2n) is 2.72. The third-order valence-corrected chi connectivity index (χ3v) is 1.87. The highest BCUT2D eigenvalue weighted by molar-refractivity contribution is 5.75. The minimum atomic E-state index is -0.738. The van der Waals surface area contributed by atoms with Crippen molar-refractivity contribution in [3.05, 3.63) is 34.6 Å².